The number of carbonyl (C=O) groups is 1. The van der Waals surface area contributed by atoms with Crippen LogP contribution in [0.1, 0.15) is 17.7 Å². The lowest BCUT2D eigenvalue weighted by molar-refractivity contribution is -0.116. The van der Waals surface area contributed by atoms with Gasteiger partial charge in [-0.05, 0) is 18.6 Å². The first kappa shape index (κ1) is 19.9. The second-order valence-corrected chi connectivity index (χ2v) is 8.92. The zero-order valence-corrected chi connectivity index (χ0v) is 18.1. The van der Waals surface area contributed by atoms with Crippen LogP contribution in [0.3, 0.4) is 0 Å². The standard InChI is InChI=1S/C22H17ClN2O2S2/c1-13(26)19(14-8-4-3-5-9-14)29-22-24-20-18(21(27)25(22)2)16(12-28-20)15-10-6-7-11-17(15)23/h3-12,19H,1-2H3/t19-/m0/s1. The Morgan fingerprint density at radius 1 is 1.10 bits per heavy atom. The maximum absolute atomic E-state index is 13.2. The lowest BCUT2D eigenvalue weighted by Gasteiger charge is -2.15. The molecule has 0 aliphatic carbocycles. The highest BCUT2D eigenvalue weighted by molar-refractivity contribution is 8.00. The molecule has 2 heterocycles. The normalized spacial score (nSPS) is 12.2. The summed E-state index contributed by atoms with van der Waals surface area (Å²) >= 11 is 9.05. The molecular formula is C22H17ClN2O2S2. The summed E-state index contributed by atoms with van der Waals surface area (Å²) in [6, 6.07) is 17.0. The summed E-state index contributed by atoms with van der Waals surface area (Å²) in [6.45, 7) is 1.56. The highest BCUT2D eigenvalue weighted by Crippen LogP contribution is 2.38. The molecule has 0 amide bonds. The molecule has 146 valence electrons. The van der Waals surface area contributed by atoms with Crippen molar-refractivity contribution in [2.24, 2.45) is 7.05 Å². The third-order valence-corrected chi connectivity index (χ3v) is 7.25. The van der Waals surface area contributed by atoms with Crippen LogP contribution in [0.4, 0.5) is 0 Å². The number of halogens is 1. The minimum Gasteiger partial charge on any atom is -0.298 e. The molecule has 4 aromatic rings. The van der Waals surface area contributed by atoms with E-state index in [0.29, 0.717) is 20.4 Å². The number of thiophene rings is 1. The van der Waals surface area contributed by atoms with Crippen molar-refractivity contribution in [1.29, 1.82) is 0 Å². The van der Waals surface area contributed by atoms with Crippen LogP contribution in [0.2, 0.25) is 5.02 Å². The summed E-state index contributed by atoms with van der Waals surface area (Å²) in [7, 11) is 1.69. The van der Waals surface area contributed by atoms with Gasteiger partial charge in [-0.2, -0.15) is 0 Å². The molecule has 2 aromatic carbocycles. The third kappa shape index (κ3) is 3.75. The Balaban J connectivity index is 1.82. The molecule has 1 atom stereocenters. The number of rotatable bonds is 5. The van der Waals surface area contributed by atoms with Gasteiger partial charge in [0, 0.05) is 28.6 Å². The van der Waals surface area contributed by atoms with Crippen LogP contribution in [-0.2, 0) is 11.8 Å². The predicted octanol–water partition coefficient (Wildman–Crippen LogP) is 5.74. The quantitative estimate of drug-likeness (QED) is 0.293. The van der Waals surface area contributed by atoms with Crippen LogP contribution in [0.5, 0.6) is 0 Å². The Morgan fingerprint density at radius 3 is 2.48 bits per heavy atom. The van der Waals surface area contributed by atoms with Gasteiger partial charge in [0.1, 0.15) is 10.6 Å². The van der Waals surface area contributed by atoms with Crippen molar-refractivity contribution in [2.45, 2.75) is 17.3 Å². The average molecular weight is 441 g/mol. The van der Waals surface area contributed by atoms with E-state index in [4.69, 9.17) is 16.6 Å². The smallest absolute Gasteiger partial charge is 0.263 e. The summed E-state index contributed by atoms with van der Waals surface area (Å²) in [5.74, 6) is 0.0125. The van der Waals surface area contributed by atoms with E-state index in [1.165, 1.54) is 27.7 Å². The highest BCUT2D eigenvalue weighted by Gasteiger charge is 2.23. The molecule has 0 saturated heterocycles. The zero-order valence-electron chi connectivity index (χ0n) is 15.8. The first-order valence-corrected chi connectivity index (χ1v) is 11.1. The molecule has 0 aliphatic rings. The van der Waals surface area contributed by atoms with E-state index in [2.05, 4.69) is 0 Å². The predicted molar refractivity (Wildman–Crippen MR) is 121 cm³/mol. The van der Waals surface area contributed by atoms with E-state index in [-0.39, 0.29) is 11.3 Å². The van der Waals surface area contributed by atoms with Crippen molar-refractivity contribution >= 4 is 50.7 Å². The largest absolute Gasteiger partial charge is 0.298 e. The Morgan fingerprint density at radius 2 is 1.79 bits per heavy atom. The van der Waals surface area contributed by atoms with E-state index in [1.807, 2.05) is 53.9 Å². The number of ketones is 1. The van der Waals surface area contributed by atoms with Gasteiger partial charge in [-0.25, -0.2) is 4.98 Å². The van der Waals surface area contributed by atoms with Crippen molar-refractivity contribution in [3.63, 3.8) is 0 Å². The molecule has 7 heteroatoms. The van der Waals surface area contributed by atoms with E-state index >= 15 is 0 Å². The number of thioether (sulfide) groups is 1. The molecule has 4 nitrogen and oxygen atoms in total. The Kier molecular flexibility index (Phi) is 5.58. The fourth-order valence-electron chi connectivity index (χ4n) is 3.16. The van der Waals surface area contributed by atoms with Crippen molar-refractivity contribution in [1.82, 2.24) is 9.55 Å². The second kappa shape index (κ2) is 8.14. The number of aromatic nitrogens is 2. The summed E-state index contributed by atoms with van der Waals surface area (Å²) in [5, 5.41) is 3.14. The van der Waals surface area contributed by atoms with Gasteiger partial charge in [0.25, 0.3) is 5.56 Å². The highest BCUT2D eigenvalue weighted by atomic mass is 35.5. The van der Waals surface area contributed by atoms with Crippen molar-refractivity contribution in [3.05, 3.63) is 80.9 Å². The molecule has 2 aromatic heterocycles. The molecule has 0 spiro atoms. The van der Waals surface area contributed by atoms with E-state index in [9.17, 15) is 9.59 Å². The first-order chi connectivity index (χ1) is 14.0. The lowest BCUT2D eigenvalue weighted by atomic mass is 10.1. The van der Waals surface area contributed by atoms with E-state index in [1.54, 1.807) is 20.0 Å². The molecule has 29 heavy (non-hydrogen) atoms. The van der Waals surface area contributed by atoms with Crippen LogP contribution >= 0.6 is 34.7 Å². The summed E-state index contributed by atoms with van der Waals surface area (Å²) in [6.07, 6.45) is 0. The van der Waals surface area contributed by atoms with Crippen LogP contribution < -0.4 is 5.56 Å². The van der Waals surface area contributed by atoms with Gasteiger partial charge in [-0.3, -0.25) is 14.2 Å². The number of hydrogen-bond acceptors (Lipinski definition) is 5. The Hall–Kier alpha value is -2.41. The zero-order chi connectivity index (χ0) is 20.5. The second-order valence-electron chi connectivity index (χ2n) is 6.59. The number of carbonyl (C=O) groups excluding carboxylic acids is 1. The first-order valence-electron chi connectivity index (χ1n) is 8.92. The number of Topliss-reactive ketones (excluding diaryl/α,β-unsaturated/α-hetero) is 1. The molecule has 0 bridgehead atoms. The minimum absolute atomic E-state index is 0.0125. The van der Waals surface area contributed by atoms with E-state index in [0.717, 1.165) is 16.7 Å². The SMILES string of the molecule is CC(=O)[C@H](Sc1nc2scc(-c3ccccc3Cl)c2c(=O)n1C)c1ccccc1. The van der Waals surface area contributed by atoms with Gasteiger partial charge in [0.2, 0.25) is 0 Å². The van der Waals surface area contributed by atoms with Crippen molar-refractivity contribution in [2.75, 3.05) is 0 Å². The molecule has 0 radical (unpaired) electrons. The maximum atomic E-state index is 13.2. The molecule has 0 saturated carbocycles. The van der Waals surface area contributed by atoms with Gasteiger partial charge < -0.3 is 0 Å². The summed E-state index contributed by atoms with van der Waals surface area (Å²) in [4.78, 5) is 30.8. The van der Waals surface area contributed by atoms with Crippen LogP contribution in [-0.4, -0.2) is 15.3 Å². The van der Waals surface area contributed by atoms with Crippen molar-refractivity contribution in [3.8, 4) is 11.1 Å². The topological polar surface area (TPSA) is 52.0 Å². The summed E-state index contributed by atoms with van der Waals surface area (Å²) < 4.78 is 1.51. The van der Waals surface area contributed by atoms with Gasteiger partial charge in [-0.1, -0.05) is 71.9 Å². The molecule has 0 unspecified atom stereocenters. The third-order valence-electron chi connectivity index (χ3n) is 4.63. The Labute approximate surface area is 181 Å². The van der Waals surface area contributed by atoms with Gasteiger partial charge in [0.05, 0.1) is 10.6 Å². The molecule has 4 rings (SSSR count). The van der Waals surface area contributed by atoms with Gasteiger partial charge >= 0.3 is 0 Å². The molecule has 0 N–H and O–H groups in total. The average Bonchev–Trinajstić information content (AvgIpc) is 3.14. The fourth-order valence-corrected chi connectivity index (χ4v) is 5.43. The van der Waals surface area contributed by atoms with Gasteiger partial charge in [-0.15, -0.1) is 11.3 Å². The molecular weight excluding hydrogens is 424 g/mol. The van der Waals surface area contributed by atoms with E-state index < -0.39 is 5.25 Å². The number of nitrogens with zero attached hydrogens (tertiary/aromatic N) is 2. The monoisotopic (exact) mass is 440 g/mol. The fraction of sp³-hybridized carbons (Fsp3) is 0.136. The number of fused-ring (bicyclic) bond motifs is 1. The van der Waals surface area contributed by atoms with Gasteiger partial charge in [0.15, 0.2) is 5.16 Å². The molecule has 0 aliphatic heterocycles. The van der Waals surface area contributed by atoms with Crippen molar-refractivity contribution < 1.29 is 4.79 Å². The van der Waals surface area contributed by atoms with Crippen LogP contribution in [0.15, 0.2) is 69.9 Å². The summed E-state index contributed by atoms with van der Waals surface area (Å²) in [5.41, 5.74) is 2.34. The maximum Gasteiger partial charge on any atom is 0.263 e. The lowest BCUT2D eigenvalue weighted by Crippen LogP contribution is -2.20. The Bertz CT molecular complexity index is 1270. The van der Waals surface area contributed by atoms with Crippen LogP contribution in [0, 0.1) is 0 Å². The minimum atomic E-state index is -0.422. The number of benzene rings is 2. The van der Waals surface area contributed by atoms with Crippen LogP contribution in [0.25, 0.3) is 21.3 Å². The number of hydrogen-bond donors (Lipinski definition) is 0. The molecule has 0 fully saturated rings.